The molecule has 0 spiro atoms. The van der Waals surface area contributed by atoms with E-state index < -0.39 is 0 Å². The summed E-state index contributed by atoms with van der Waals surface area (Å²) in [5, 5.41) is 3.95. The Morgan fingerprint density at radius 3 is 2.62 bits per heavy atom. The van der Waals surface area contributed by atoms with E-state index in [0.717, 1.165) is 13.2 Å². The standard InChI is InChI=1S/C13H24ClNO/c14-12-7-2-1-3-8-13(12)15-10-11-6-4-5-9-16-11/h11-13,15H,1-10H2. The van der Waals surface area contributed by atoms with Gasteiger partial charge in [0, 0.05) is 24.6 Å². The molecule has 1 saturated heterocycles. The number of ether oxygens (including phenoxy) is 1. The Bertz CT molecular complexity index is 194. The summed E-state index contributed by atoms with van der Waals surface area (Å²) in [4.78, 5) is 0. The fourth-order valence-electron chi connectivity index (χ4n) is 2.74. The average molecular weight is 246 g/mol. The van der Waals surface area contributed by atoms with Gasteiger partial charge in [-0.2, -0.15) is 0 Å². The molecular weight excluding hydrogens is 222 g/mol. The zero-order valence-corrected chi connectivity index (χ0v) is 10.8. The van der Waals surface area contributed by atoms with Gasteiger partial charge in [-0.3, -0.25) is 0 Å². The molecule has 0 aromatic heterocycles. The van der Waals surface area contributed by atoms with Gasteiger partial charge in [0.25, 0.3) is 0 Å². The minimum absolute atomic E-state index is 0.325. The lowest BCUT2D eigenvalue weighted by Gasteiger charge is -2.27. The molecule has 16 heavy (non-hydrogen) atoms. The van der Waals surface area contributed by atoms with E-state index in [-0.39, 0.29) is 0 Å². The molecule has 0 aromatic rings. The summed E-state index contributed by atoms with van der Waals surface area (Å²) in [6.45, 7) is 1.94. The second-order valence-corrected chi connectivity index (χ2v) is 5.72. The highest BCUT2D eigenvalue weighted by molar-refractivity contribution is 6.21. The molecule has 1 aliphatic carbocycles. The second kappa shape index (κ2) is 6.83. The average Bonchev–Trinajstić information content (AvgIpc) is 2.53. The first-order valence-electron chi connectivity index (χ1n) is 6.85. The van der Waals surface area contributed by atoms with Crippen LogP contribution in [0.2, 0.25) is 0 Å². The van der Waals surface area contributed by atoms with Crippen molar-refractivity contribution in [3.63, 3.8) is 0 Å². The molecule has 0 radical (unpaired) electrons. The van der Waals surface area contributed by atoms with Crippen LogP contribution in [0.3, 0.4) is 0 Å². The SMILES string of the molecule is ClC1CCCCCC1NCC1CCCCO1. The summed E-state index contributed by atoms with van der Waals surface area (Å²) < 4.78 is 5.73. The zero-order valence-electron chi connectivity index (χ0n) is 10.1. The van der Waals surface area contributed by atoms with E-state index in [4.69, 9.17) is 16.3 Å². The molecule has 1 heterocycles. The zero-order chi connectivity index (χ0) is 11.2. The molecule has 2 nitrogen and oxygen atoms in total. The van der Waals surface area contributed by atoms with Crippen molar-refractivity contribution in [2.75, 3.05) is 13.2 Å². The van der Waals surface area contributed by atoms with Crippen molar-refractivity contribution >= 4 is 11.6 Å². The van der Waals surface area contributed by atoms with Gasteiger partial charge in [-0.05, 0) is 32.1 Å². The molecule has 1 aliphatic heterocycles. The summed E-state index contributed by atoms with van der Waals surface area (Å²) >= 11 is 6.40. The van der Waals surface area contributed by atoms with E-state index in [1.165, 1.54) is 51.4 Å². The molecule has 3 heteroatoms. The second-order valence-electron chi connectivity index (χ2n) is 5.16. The van der Waals surface area contributed by atoms with E-state index in [0.29, 0.717) is 17.5 Å². The van der Waals surface area contributed by atoms with Gasteiger partial charge in [-0.1, -0.05) is 19.3 Å². The van der Waals surface area contributed by atoms with Gasteiger partial charge in [-0.25, -0.2) is 0 Å². The lowest BCUT2D eigenvalue weighted by molar-refractivity contribution is 0.0152. The molecule has 0 bridgehead atoms. The third kappa shape index (κ3) is 3.90. The number of rotatable bonds is 3. The molecule has 3 unspecified atom stereocenters. The van der Waals surface area contributed by atoms with Crippen LogP contribution < -0.4 is 5.32 Å². The highest BCUT2D eigenvalue weighted by Gasteiger charge is 2.22. The molecule has 3 atom stereocenters. The Morgan fingerprint density at radius 2 is 1.81 bits per heavy atom. The van der Waals surface area contributed by atoms with E-state index >= 15 is 0 Å². The van der Waals surface area contributed by atoms with Gasteiger partial charge >= 0.3 is 0 Å². The molecule has 94 valence electrons. The number of hydrogen-bond acceptors (Lipinski definition) is 2. The van der Waals surface area contributed by atoms with Gasteiger partial charge in [0.15, 0.2) is 0 Å². The van der Waals surface area contributed by atoms with E-state index in [9.17, 15) is 0 Å². The number of hydrogen-bond donors (Lipinski definition) is 1. The van der Waals surface area contributed by atoms with Crippen molar-refractivity contribution in [3.8, 4) is 0 Å². The maximum Gasteiger partial charge on any atom is 0.0699 e. The maximum absolute atomic E-state index is 6.40. The molecule has 1 saturated carbocycles. The summed E-state index contributed by atoms with van der Waals surface area (Å²) in [5.74, 6) is 0. The van der Waals surface area contributed by atoms with Crippen LogP contribution in [0, 0.1) is 0 Å². The van der Waals surface area contributed by atoms with Crippen molar-refractivity contribution in [1.29, 1.82) is 0 Å². The van der Waals surface area contributed by atoms with E-state index in [1.807, 2.05) is 0 Å². The predicted octanol–water partition coefficient (Wildman–Crippen LogP) is 3.09. The van der Waals surface area contributed by atoms with Crippen LogP contribution in [0.5, 0.6) is 0 Å². The van der Waals surface area contributed by atoms with E-state index in [2.05, 4.69) is 5.32 Å². The monoisotopic (exact) mass is 245 g/mol. The van der Waals surface area contributed by atoms with Crippen LogP contribution in [0.4, 0.5) is 0 Å². The number of alkyl halides is 1. The van der Waals surface area contributed by atoms with Crippen molar-refractivity contribution in [1.82, 2.24) is 5.32 Å². The van der Waals surface area contributed by atoms with Crippen molar-refractivity contribution < 1.29 is 4.74 Å². The fourth-order valence-corrected chi connectivity index (χ4v) is 3.11. The normalized spacial score (nSPS) is 36.9. The molecule has 2 rings (SSSR count). The van der Waals surface area contributed by atoms with E-state index in [1.54, 1.807) is 0 Å². The van der Waals surface area contributed by atoms with Gasteiger partial charge in [-0.15, -0.1) is 11.6 Å². The Balaban J connectivity index is 1.70. The molecule has 1 N–H and O–H groups in total. The Morgan fingerprint density at radius 1 is 1.00 bits per heavy atom. The maximum atomic E-state index is 6.40. The smallest absolute Gasteiger partial charge is 0.0699 e. The topological polar surface area (TPSA) is 21.3 Å². The summed E-state index contributed by atoms with van der Waals surface area (Å²) in [6.07, 6.45) is 10.6. The summed E-state index contributed by atoms with van der Waals surface area (Å²) in [5.41, 5.74) is 0. The minimum Gasteiger partial charge on any atom is -0.377 e. The Kier molecular flexibility index (Phi) is 5.40. The predicted molar refractivity (Wildman–Crippen MR) is 68.1 cm³/mol. The Hall–Kier alpha value is 0.210. The summed E-state index contributed by atoms with van der Waals surface area (Å²) in [7, 11) is 0. The van der Waals surface area contributed by atoms with Crippen LogP contribution in [-0.2, 0) is 4.74 Å². The van der Waals surface area contributed by atoms with Gasteiger partial charge in [0.2, 0.25) is 0 Å². The quantitative estimate of drug-likeness (QED) is 0.610. The lowest BCUT2D eigenvalue weighted by Crippen LogP contribution is -2.42. The summed E-state index contributed by atoms with van der Waals surface area (Å²) in [6, 6.07) is 0.509. The molecule has 2 fully saturated rings. The molecular formula is C13H24ClNO. The molecule has 0 aromatic carbocycles. The lowest BCUT2D eigenvalue weighted by atomic mass is 10.1. The third-order valence-corrected chi connectivity index (χ3v) is 4.34. The first kappa shape index (κ1) is 12.7. The highest BCUT2D eigenvalue weighted by atomic mass is 35.5. The first-order valence-corrected chi connectivity index (χ1v) is 7.29. The Labute approximate surface area is 104 Å². The minimum atomic E-state index is 0.325. The van der Waals surface area contributed by atoms with Crippen molar-refractivity contribution in [2.24, 2.45) is 0 Å². The molecule has 2 aliphatic rings. The first-order chi connectivity index (χ1) is 7.86. The van der Waals surface area contributed by atoms with Crippen LogP contribution in [-0.4, -0.2) is 30.7 Å². The van der Waals surface area contributed by atoms with Gasteiger partial charge < -0.3 is 10.1 Å². The number of nitrogens with one attached hydrogen (secondary N) is 1. The van der Waals surface area contributed by atoms with Crippen LogP contribution in [0.15, 0.2) is 0 Å². The molecule has 0 amide bonds. The van der Waals surface area contributed by atoms with Gasteiger partial charge in [0.05, 0.1) is 6.10 Å². The van der Waals surface area contributed by atoms with Crippen LogP contribution >= 0.6 is 11.6 Å². The fraction of sp³-hybridized carbons (Fsp3) is 1.00. The third-order valence-electron chi connectivity index (χ3n) is 3.81. The largest absolute Gasteiger partial charge is 0.377 e. The van der Waals surface area contributed by atoms with Crippen molar-refractivity contribution in [2.45, 2.75) is 68.9 Å². The van der Waals surface area contributed by atoms with Crippen molar-refractivity contribution in [3.05, 3.63) is 0 Å². The van der Waals surface area contributed by atoms with Crippen LogP contribution in [0.1, 0.15) is 51.4 Å². The van der Waals surface area contributed by atoms with Crippen LogP contribution in [0.25, 0.3) is 0 Å². The highest BCUT2D eigenvalue weighted by Crippen LogP contribution is 2.22. The van der Waals surface area contributed by atoms with Gasteiger partial charge in [0.1, 0.15) is 0 Å². The number of halogens is 1.